The highest BCUT2D eigenvalue weighted by Crippen LogP contribution is 2.42. The number of nitrogens with zero attached hydrogens (tertiary/aromatic N) is 1. The quantitative estimate of drug-likeness (QED) is 0.748. The Kier molecular flexibility index (Phi) is 3.03. The third kappa shape index (κ3) is 1.80. The van der Waals surface area contributed by atoms with E-state index < -0.39 is 5.79 Å². The van der Waals surface area contributed by atoms with Crippen LogP contribution >= 0.6 is 0 Å². The number of aliphatic hydroxyl groups is 1. The third-order valence-corrected chi connectivity index (χ3v) is 3.71. The van der Waals surface area contributed by atoms with E-state index in [1.54, 1.807) is 0 Å². The molecule has 1 unspecified atom stereocenters. The van der Waals surface area contributed by atoms with Crippen molar-refractivity contribution in [1.82, 2.24) is 4.90 Å². The van der Waals surface area contributed by atoms with E-state index in [0.29, 0.717) is 13.2 Å². The van der Waals surface area contributed by atoms with E-state index in [1.165, 1.54) is 0 Å². The van der Waals surface area contributed by atoms with Gasteiger partial charge in [-0.2, -0.15) is 0 Å². The van der Waals surface area contributed by atoms with Crippen molar-refractivity contribution in [2.45, 2.75) is 37.5 Å². The van der Waals surface area contributed by atoms with Crippen LogP contribution in [0.15, 0.2) is 0 Å². The van der Waals surface area contributed by atoms with Gasteiger partial charge in [-0.25, -0.2) is 0 Å². The molecule has 88 valence electrons. The zero-order valence-corrected chi connectivity index (χ0v) is 9.66. The van der Waals surface area contributed by atoms with E-state index >= 15 is 0 Å². The molecule has 2 aliphatic heterocycles. The fraction of sp³-hybridized carbons (Fsp3) is 1.00. The highest BCUT2D eigenvalue weighted by atomic mass is 16.7. The Morgan fingerprint density at radius 2 is 2.00 bits per heavy atom. The summed E-state index contributed by atoms with van der Waals surface area (Å²) in [5.74, 6) is -0.438. The highest BCUT2D eigenvalue weighted by Gasteiger charge is 2.54. The Balaban J connectivity index is 2.13. The summed E-state index contributed by atoms with van der Waals surface area (Å²) in [6.45, 7) is 4.47. The van der Waals surface area contributed by atoms with Crippen molar-refractivity contribution in [3.05, 3.63) is 0 Å². The smallest absolute Gasteiger partial charge is 0.183 e. The van der Waals surface area contributed by atoms with Crippen molar-refractivity contribution in [2.75, 3.05) is 33.4 Å². The third-order valence-electron chi connectivity index (χ3n) is 3.71. The molecule has 1 atom stereocenters. The first-order chi connectivity index (χ1) is 7.16. The molecule has 15 heavy (non-hydrogen) atoms. The van der Waals surface area contributed by atoms with Crippen LogP contribution in [0.5, 0.6) is 0 Å². The molecular weight excluding hydrogens is 194 g/mol. The summed E-state index contributed by atoms with van der Waals surface area (Å²) in [6, 6.07) is 0. The molecule has 0 aromatic rings. The summed E-state index contributed by atoms with van der Waals surface area (Å²) < 4.78 is 11.4. The van der Waals surface area contributed by atoms with Gasteiger partial charge in [0.25, 0.3) is 0 Å². The number of rotatable bonds is 3. The standard InChI is InChI=1S/C11H21NO3/c1-3-4-10(9-13)7-11(8-12(10)2)14-5-6-15-11/h13H,3-9H2,1-2H3. The van der Waals surface area contributed by atoms with E-state index in [0.717, 1.165) is 25.8 Å². The van der Waals surface area contributed by atoms with Gasteiger partial charge in [-0.3, -0.25) is 4.90 Å². The van der Waals surface area contributed by atoms with E-state index in [-0.39, 0.29) is 12.1 Å². The number of hydrogen-bond acceptors (Lipinski definition) is 4. The van der Waals surface area contributed by atoms with Gasteiger partial charge in [0.05, 0.1) is 26.4 Å². The van der Waals surface area contributed by atoms with Gasteiger partial charge < -0.3 is 14.6 Å². The maximum atomic E-state index is 9.61. The molecule has 0 radical (unpaired) electrons. The summed E-state index contributed by atoms with van der Waals surface area (Å²) in [7, 11) is 2.05. The molecule has 2 fully saturated rings. The second-order valence-electron chi connectivity index (χ2n) is 4.77. The highest BCUT2D eigenvalue weighted by molar-refractivity contribution is 5.03. The van der Waals surface area contributed by atoms with Crippen LogP contribution < -0.4 is 0 Å². The lowest BCUT2D eigenvalue weighted by molar-refractivity contribution is -0.146. The van der Waals surface area contributed by atoms with Gasteiger partial charge in [0, 0.05) is 12.0 Å². The average molecular weight is 215 g/mol. The van der Waals surface area contributed by atoms with Crippen LogP contribution in [0.4, 0.5) is 0 Å². The molecule has 0 aliphatic carbocycles. The Morgan fingerprint density at radius 1 is 1.33 bits per heavy atom. The average Bonchev–Trinajstić information content (AvgIpc) is 2.75. The number of aliphatic hydroxyl groups excluding tert-OH is 1. The van der Waals surface area contributed by atoms with Crippen LogP contribution in [0.25, 0.3) is 0 Å². The maximum absolute atomic E-state index is 9.61. The molecule has 1 N–H and O–H groups in total. The van der Waals surface area contributed by atoms with Gasteiger partial charge in [0.15, 0.2) is 5.79 Å². The summed E-state index contributed by atoms with van der Waals surface area (Å²) in [4.78, 5) is 2.20. The van der Waals surface area contributed by atoms with Crippen LogP contribution in [0.2, 0.25) is 0 Å². The van der Waals surface area contributed by atoms with Crippen LogP contribution in [0.1, 0.15) is 26.2 Å². The van der Waals surface area contributed by atoms with Gasteiger partial charge in [-0.05, 0) is 13.5 Å². The molecule has 0 bridgehead atoms. The van der Waals surface area contributed by atoms with Crippen molar-refractivity contribution in [3.63, 3.8) is 0 Å². The van der Waals surface area contributed by atoms with Crippen LogP contribution in [-0.2, 0) is 9.47 Å². The Morgan fingerprint density at radius 3 is 2.53 bits per heavy atom. The molecule has 0 aromatic heterocycles. The molecule has 1 spiro atoms. The van der Waals surface area contributed by atoms with Gasteiger partial charge in [0.2, 0.25) is 0 Å². The minimum absolute atomic E-state index is 0.140. The monoisotopic (exact) mass is 215 g/mol. The van der Waals surface area contributed by atoms with Crippen molar-refractivity contribution in [3.8, 4) is 0 Å². The first-order valence-electron chi connectivity index (χ1n) is 5.76. The second-order valence-corrected chi connectivity index (χ2v) is 4.77. The topological polar surface area (TPSA) is 41.9 Å². The van der Waals surface area contributed by atoms with Gasteiger partial charge in [-0.1, -0.05) is 13.3 Å². The Bertz CT molecular complexity index is 228. The molecule has 4 nitrogen and oxygen atoms in total. The van der Waals surface area contributed by atoms with E-state index in [1.807, 2.05) is 7.05 Å². The molecule has 2 heterocycles. The van der Waals surface area contributed by atoms with Gasteiger partial charge in [-0.15, -0.1) is 0 Å². The summed E-state index contributed by atoms with van der Waals surface area (Å²) >= 11 is 0. The van der Waals surface area contributed by atoms with Crippen molar-refractivity contribution in [2.24, 2.45) is 0 Å². The second kappa shape index (κ2) is 4.01. The zero-order valence-electron chi connectivity index (χ0n) is 9.66. The number of likely N-dealkylation sites (tertiary alicyclic amines) is 1. The molecular formula is C11H21NO3. The fourth-order valence-electron chi connectivity index (χ4n) is 2.91. The molecule has 2 saturated heterocycles. The van der Waals surface area contributed by atoms with Gasteiger partial charge in [0.1, 0.15) is 0 Å². The lowest BCUT2D eigenvalue weighted by Crippen LogP contribution is -2.44. The number of hydrogen-bond donors (Lipinski definition) is 1. The SMILES string of the molecule is CCCC1(CO)CC2(CN1C)OCCO2. The van der Waals surface area contributed by atoms with Crippen molar-refractivity contribution < 1.29 is 14.6 Å². The summed E-state index contributed by atoms with van der Waals surface area (Å²) in [5, 5.41) is 9.61. The predicted molar refractivity (Wildman–Crippen MR) is 56.6 cm³/mol. The van der Waals surface area contributed by atoms with E-state index in [2.05, 4.69) is 11.8 Å². The minimum atomic E-state index is -0.438. The molecule has 2 rings (SSSR count). The molecule has 0 amide bonds. The molecule has 0 saturated carbocycles. The largest absolute Gasteiger partial charge is 0.394 e. The first-order valence-corrected chi connectivity index (χ1v) is 5.76. The predicted octanol–water partition coefficient (Wildman–Crippen LogP) is 0.596. The number of likely N-dealkylation sites (N-methyl/N-ethyl adjacent to an activating group) is 1. The normalized spacial score (nSPS) is 35.4. The molecule has 4 heteroatoms. The first kappa shape index (κ1) is 11.3. The van der Waals surface area contributed by atoms with Crippen molar-refractivity contribution >= 4 is 0 Å². The lowest BCUT2D eigenvalue weighted by atomic mass is 9.90. The van der Waals surface area contributed by atoms with E-state index in [4.69, 9.17) is 9.47 Å². The van der Waals surface area contributed by atoms with E-state index in [9.17, 15) is 5.11 Å². The maximum Gasteiger partial charge on any atom is 0.183 e. The van der Waals surface area contributed by atoms with Crippen LogP contribution in [0, 0.1) is 0 Å². The summed E-state index contributed by atoms with van der Waals surface area (Å²) in [6.07, 6.45) is 2.86. The van der Waals surface area contributed by atoms with Crippen LogP contribution in [-0.4, -0.2) is 54.7 Å². The summed E-state index contributed by atoms with van der Waals surface area (Å²) in [5.41, 5.74) is -0.140. The van der Waals surface area contributed by atoms with Crippen molar-refractivity contribution in [1.29, 1.82) is 0 Å². The number of ether oxygens (including phenoxy) is 2. The molecule has 2 aliphatic rings. The Hall–Kier alpha value is -0.160. The minimum Gasteiger partial charge on any atom is -0.394 e. The molecule has 0 aromatic carbocycles. The van der Waals surface area contributed by atoms with Crippen LogP contribution in [0.3, 0.4) is 0 Å². The zero-order chi connectivity index (χ0) is 10.9. The lowest BCUT2D eigenvalue weighted by Gasteiger charge is -2.33. The Labute approximate surface area is 91.2 Å². The van der Waals surface area contributed by atoms with Gasteiger partial charge >= 0.3 is 0 Å². The fourth-order valence-corrected chi connectivity index (χ4v) is 2.91.